The fourth-order valence-electron chi connectivity index (χ4n) is 3.97. The van der Waals surface area contributed by atoms with E-state index in [1.54, 1.807) is 0 Å². The van der Waals surface area contributed by atoms with E-state index in [9.17, 15) is 0 Å². The van der Waals surface area contributed by atoms with Crippen LogP contribution in [-0.2, 0) is 0 Å². The van der Waals surface area contributed by atoms with E-state index in [0.717, 1.165) is 38.8 Å². The lowest BCUT2D eigenvalue weighted by Crippen LogP contribution is -2.00. The van der Waals surface area contributed by atoms with E-state index < -0.39 is 5.89 Å². The molecule has 3 aromatic heterocycles. The summed E-state index contributed by atoms with van der Waals surface area (Å²) in [5, 5.41) is 17.6. The van der Waals surface area contributed by atoms with Crippen molar-refractivity contribution in [2.75, 3.05) is 0 Å². The summed E-state index contributed by atoms with van der Waals surface area (Å²) in [6.45, 7) is 3.74. The van der Waals surface area contributed by atoms with Gasteiger partial charge in [0, 0.05) is 17.8 Å². The van der Waals surface area contributed by atoms with Crippen LogP contribution >= 0.6 is 0 Å². The first kappa shape index (κ1) is 16.6. The van der Waals surface area contributed by atoms with Gasteiger partial charge in [-0.2, -0.15) is 0 Å². The molecule has 6 rings (SSSR count). The molecule has 0 saturated heterocycles. The lowest BCUT2D eigenvalue weighted by Gasteiger charge is -2.08. The first-order chi connectivity index (χ1) is 15.5. The molecule has 0 bridgehead atoms. The van der Waals surface area contributed by atoms with Gasteiger partial charge in [0.25, 0.3) is 0 Å². The van der Waals surface area contributed by atoms with Crippen molar-refractivity contribution in [3.63, 3.8) is 0 Å². The topological polar surface area (TPSA) is 82.5 Å². The third-order valence-electron chi connectivity index (χ3n) is 5.49. The summed E-state index contributed by atoms with van der Waals surface area (Å²) in [6, 6.07) is 21.8. The van der Waals surface area contributed by atoms with Crippen LogP contribution in [0.4, 0.5) is 0 Å². The summed E-state index contributed by atoms with van der Waals surface area (Å²) in [6.07, 6.45) is 0. The van der Waals surface area contributed by atoms with E-state index in [2.05, 4.69) is 20.6 Å². The van der Waals surface area contributed by atoms with Crippen molar-refractivity contribution in [3.05, 3.63) is 72.3 Å². The van der Waals surface area contributed by atoms with E-state index in [-0.39, 0.29) is 0 Å². The van der Waals surface area contributed by atoms with Gasteiger partial charge in [-0.1, -0.05) is 56.3 Å². The van der Waals surface area contributed by atoms with Crippen molar-refractivity contribution >= 4 is 33.2 Å². The number of rotatable bonds is 3. The van der Waals surface area contributed by atoms with Gasteiger partial charge in [0.05, 0.1) is 5.56 Å². The highest BCUT2D eigenvalue weighted by Crippen LogP contribution is 2.37. The summed E-state index contributed by atoms with van der Waals surface area (Å²) >= 11 is 0. The first-order valence-electron chi connectivity index (χ1n) is 10.5. The molecule has 0 saturated carbocycles. The van der Waals surface area contributed by atoms with Gasteiger partial charge in [0.15, 0.2) is 5.82 Å². The number of aromatic nitrogens is 6. The van der Waals surface area contributed by atoms with E-state index in [1.807, 2.05) is 85.1 Å². The van der Waals surface area contributed by atoms with Gasteiger partial charge in [-0.15, -0.1) is 10.2 Å². The lowest BCUT2D eigenvalue weighted by atomic mass is 10.0. The number of hydrogen-bond donors (Lipinski definition) is 0. The number of fused-ring (bicyclic) bond motifs is 4. The Balaban J connectivity index is 1.67. The maximum absolute atomic E-state index is 8.36. The largest absolute Gasteiger partial charge is 0.455 e. The molecule has 3 heterocycles. The molecule has 0 radical (unpaired) electrons. The van der Waals surface area contributed by atoms with Gasteiger partial charge in [0.1, 0.15) is 11.2 Å². The van der Waals surface area contributed by atoms with Crippen LogP contribution in [0, 0.1) is 0 Å². The number of benzene rings is 3. The molecule has 0 aliphatic heterocycles. The molecule has 150 valence electrons. The van der Waals surface area contributed by atoms with Crippen molar-refractivity contribution < 1.29 is 5.79 Å². The van der Waals surface area contributed by atoms with Crippen LogP contribution in [0.1, 0.15) is 26.7 Å². The van der Waals surface area contributed by atoms with Crippen molar-refractivity contribution in [2.45, 2.75) is 19.7 Å². The summed E-state index contributed by atoms with van der Waals surface area (Å²) in [4.78, 5) is 4.73. The number of imidazole rings is 1. The van der Waals surface area contributed by atoms with Crippen LogP contribution in [0.2, 0.25) is 0 Å². The van der Waals surface area contributed by atoms with Crippen LogP contribution in [-0.4, -0.2) is 30.2 Å². The van der Waals surface area contributed by atoms with Crippen molar-refractivity contribution in [2.24, 2.45) is 0 Å². The van der Waals surface area contributed by atoms with Gasteiger partial charge in [-0.05, 0) is 46.1 Å². The summed E-state index contributed by atoms with van der Waals surface area (Å²) in [5.74, 6) is -0.0686. The van der Waals surface area contributed by atoms with Crippen molar-refractivity contribution in [1.82, 2.24) is 30.2 Å². The molecule has 3 aromatic carbocycles. The maximum atomic E-state index is 8.36. The quantitative estimate of drug-likeness (QED) is 0.396. The fourth-order valence-corrected chi connectivity index (χ4v) is 3.97. The molecule has 0 aliphatic carbocycles. The molecule has 6 aromatic rings. The molecule has 0 fully saturated rings. The van der Waals surface area contributed by atoms with Crippen LogP contribution in [0.3, 0.4) is 0 Å². The van der Waals surface area contributed by atoms with E-state index in [4.69, 9.17) is 10.8 Å². The molecule has 0 unspecified atom stereocenters. The summed E-state index contributed by atoms with van der Waals surface area (Å²) in [7, 11) is 0. The standard InChI is InChI=1S/C24H18N6O/c1-14(2)15-11-12-17-18-9-6-10-19(21(18)31-20(17)13-15)23-25-22-24(27-29-28-26-22)30(23)16-7-4-3-5-8-16/h3-14H,1-2H3/i14D. The fraction of sp³-hybridized carbons (Fsp3) is 0.125. The van der Waals surface area contributed by atoms with Crippen LogP contribution < -0.4 is 0 Å². The molecule has 0 amide bonds. The smallest absolute Gasteiger partial charge is 0.224 e. The Morgan fingerprint density at radius 3 is 2.58 bits per heavy atom. The monoisotopic (exact) mass is 407 g/mol. The Morgan fingerprint density at radius 2 is 1.74 bits per heavy atom. The minimum absolute atomic E-state index is 0.408. The molecular formula is C24H18N6O. The second kappa shape index (κ2) is 6.70. The van der Waals surface area contributed by atoms with Gasteiger partial charge in [-0.25, -0.2) is 4.98 Å². The van der Waals surface area contributed by atoms with Gasteiger partial charge in [0.2, 0.25) is 11.3 Å². The average molecular weight is 407 g/mol. The summed E-state index contributed by atoms with van der Waals surface area (Å²) in [5.41, 5.74) is 4.99. The maximum Gasteiger partial charge on any atom is 0.224 e. The van der Waals surface area contributed by atoms with Gasteiger partial charge >= 0.3 is 0 Å². The SMILES string of the molecule is [2H]C(C)(C)c1ccc2c(c1)oc1c(-c3nc4nnnnc4n3-c3ccccc3)cccc12. The zero-order chi connectivity index (χ0) is 21.9. The van der Waals surface area contributed by atoms with Crippen LogP contribution in [0.25, 0.3) is 50.3 Å². The number of furan rings is 1. The molecule has 0 aliphatic rings. The van der Waals surface area contributed by atoms with Crippen LogP contribution in [0.15, 0.2) is 71.1 Å². The average Bonchev–Trinajstić information content (AvgIpc) is 3.37. The van der Waals surface area contributed by atoms with E-state index >= 15 is 0 Å². The Labute approximate surface area is 178 Å². The molecule has 31 heavy (non-hydrogen) atoms. The molecule has 0 N–H and O–H groups in total. The lowest BCUT2D eigenvalue weighted by molar-refractivity contribution is 0.667. The highest BCUT2D eigenvalue weighted by molar-refractivity contribution is 6.09. The van der Waals surface area contributed by atoms with Gasteiger partial charge in [-0.3, -0.25) is 4.57 Å². The van der Waals surface area contributed by atoms with Gasteiger partial charge < -0.3 is 4.42 Å². The number of para-hydroxylation sites is 2. The Bertz CT molecular complexity index is 1610. The zero-order valence-electron chi connectivity index (χ0n) is 17.9. The predicted octanol–water partition coefficient (Wildman–Crippen LogP) is 5.30. The molecular weight excluding hydrogens is 388 g/mol. The Morgan fingerprint density at radius 1 is 0.903 bits per heavy atom. The van der Waals surface area contributed by atoms with E-state index in [0.29, 0.717) is 17.1 Å². The second-order valence-corrected chi connectivity index (χ2v) is 7.63. The minimum atomic E-state index is -0.714. The third kappa shape index (κ3) is 2.70. The number of nitrogens with zero attached hydrogens (tertiary/aromatic N) is 6. The van der Waals surface area contributed by atoms with Crippen LogP contribution in [0.5, 0.6) is 0 Å². The van der Waals surface area contributed by atoms with Crippen molar-refractivity contribution in [3.8, 4) is 17.1 Å². The normalized spacial score (nSPS) is 12.6. The number of hydrogen-bond acceptors (Lipinski definition) is 6. The first-order valence-corrected chi connectivity index (χ1v) is 9.97. The Kier molecular flexibility index (Phi) is 3.60. The molecule has 0 spiro atoms. The second-order valence-electron chi connectivity index (χ2n) is 7.63. The highest BCUT2D eigenvalue weighted by Gasteiger charge is 2.21. The molecule has 7 heteroatoms. The zero-order valence-corrected chi connectivity index (χ0v) is 16.9. The Hall–Kier alpha value is -4.13. The predicted molar refractivity (Wildman–Crippen MR) is 119 cm³/mol. The molecule has 7 nitrogen and oxygen atoms in total. The molecule has 0 atom stereocenters. The summed E-state index contributed by atoms with van der Waals surface area (Å²) < 4.78 is 16.6. The highest BCUT2D eigenvalue weighted by atomic mass is 16.3. The van der Waals surface area contributed by atoms with Crippen molar-refractivity contribution in [1.29, 1.82) is 0 Å². The van der Waals surface area contributed by atoms with E-state index in [1.165, 1.54) is 0 Å². The minimum Gasteiger partial charge on any atom is -0.455 e. The third-order valence-corrected chi connectivity index (χ3v) is 5.49.